The summed E-state index contributed by atoms with van der Waals surface area (Å²) < 4.78 is 0. The summed E-state index contributed by atoms with van der Waals surface area (Å²) >= 11 is 0. The minimum absolute atomic E-state index is 0.0294. The van der Waals surface area contributed by atoms with Crippen molar-refractivity contribution in [2.24, 2.45) is 5.41 Å². The van der Waals surface area contributed by atoms with E-state index >= 15 is 0 Å². The molecule has 0 aromatic carbocycles. The topological polar surface area (TPSA) is 64.4 Å². The molecule has 2 aliphatic rings. The van der Waals surface area contributed by atoms with Crippen molar-refractivity contribution in [1.29, 1.82) is 5.26 Å². The van der Waals surface area contributed by atoms with Crippen LogP contribution in [0.4, 0.5) is 0 Å². The van der Waals surface area contributed by atoms with Crippen LogP contribution in [-0.4, -0.2) is 47.3 Å². The van der Waals surface area contributed by atoms with Crippen molar-refractivity contribution in [2.75, 3.05) is 19.6 Å². The maximum absolute atomic E-state index is 12.2. The lowest BCUT2D eigenvalue weighted by Crippen LogP contribution is -2.48. The maximum Gasteiger partial charge on any atom is 0.235 e. The van der Waals surface area contributed by atoms with E-state index in [1.807, 2.05) is 13.8 Å². The Hall–Kier alpha value is -1.41. The summed E-state index contributed by atoms with van der Waals surface area (Å²) in [5.74, 6) is -0.0741. The normalized spacial score (nSPS) is 25.5. The number of nitrogens with zero attached hydrogens (tertiary/aromatic N) is 3. The van der Waals surface area contributed by atoms with Gasteiger partial charge in [-0.2, -0.15) is 5.26 Å². The highest BCUT2D eigenvalue weighted by Crippen LogP contribution is 2.34. The lowest BCUT2D eigenvalue weighted by atomic mass is 9.92. The second kappa shape index (κ2) is 4.69. The van der Waals surface area contributed by atoms with Gasteiger partial charge in [-0.15, -0.1) is 0 Å². The van der Waals surface area contributed by atoms with Gasteiger partial charge in [0, 0.05) is 25.6 Å². The van der Waals surface area contributed by atoms with Gasteiger partial charge >= 0.3 is 0 Å². The molecule has 0 spiro atoms. The van der Waals surface area contributed by atoms with E-state index in [1.165, 1.54) is 4.90 Å². The predicted molar refractivity (Wildman–Crippen MR) is 65.3 cm³/mol. The van der Waals surface area contributed by atoms with Crippen LogP contribution in [0.25, 0.3) is 0 Å². The van der Waals surface area contributed by atoms with Gasteiger partial charge in [0.25, 0.3) is 0 Å². The van der Waals surface area contributed by atoms with Crippen LogP contribution in [0.2, 0.25) is 0 Å². The van der Waals surface area contributed by atoms with E-state index in [4.69, 9.17) is 5.26 Å². The highest BCUT2D eigenvalue weighted by atomic mass is 16.2. The first kappa shape index (κ1) is 13.0. The molecule has 2 rings (SSSR count). The van der Waals surface area contributed by atoms with Crippen LogP contribution in [0, 0.1) is 16.7 Å². The molecule has 2 amide bonds. The predicted octanol–water partition coefficient (Wildman–Crippen LogP) is 0.759. The molecule has 0 radical (unpaired) electrons. The molecule has 2 heterocycles. The number of nitriles is 1. The van der Waals surface area contributed by atoms with Gasteiger partial charge in [0.2, 0.25) is 11.8 Å². The van der Waals surface area contributed by atoms with Gasteiger partial charge in [0.05, 0.1) is 18.0 Å². The van der Waals surface area contributed by atoms with E-state index in [-0.39, 0.29) is 17.9 Å². The molecular formula is C13H19N3O2. The van der Waals surface area contributed by atoms with Crippen molar-refractivity contribution in [1.82, 2.24) is 9.80 Å². The first-order valence-corrected chi connectivity index (χ1v) is 6.41. The van der Waals surface area contributed by atoms with Gasteiger partial charge in [-0.1, -0.05) is 13.8 Å². The monoisotopic (exact) mass is 249 g/mol. The highest BCUT2D eigenvalue weighted by Gasteiger charge is 2.47. The highest BCUT2D eigenvalue weighted by molar-refractivity contribution is 6.05. The minimum atomic E-state index is -0.541. The van der Waals surface area contributed by atoms with Crippen molar-refractivity contribution < 1.29 is 9.59 Å². The molecule has 2 aliphatic heterocycles. The largest absolute Gasteiger partial charge is 0.290 e. The summed E-state index contributed by atoms with van der Waals surface area (Å²) in [7, 11) is 0. The van der Waals surface area contributed by atoms with Crippen molar-refractivity contribution in [3.05, 3.63) is 0 Å². The van der Waals surface area contributed by atoms with Crippen LogP contribution >= 0.6 is 0 Å². The number of carbonyl (C=O) groups is 2. The summed E-state index contributed by atoms with van der Waals surface area (Å²) in [6.45, 7) is 5.67. The molecule has 0 aliphatic carbocycles. The zero-order valence-corrected chi connectivity index (χ0v) is 11.0. The van der Waals surface area contributed by atoms with E-state index < -0.39 is 5.41 Å². The number of likely N-dealkylation sites (tertiary alicyclic amines) is 2. The Bertz CT molecular complexity index is 403. The van der Waals surface area contributed by atoms with Gasteiger partial charge < -0.3 is 0 Å². The van der Waals surface area contributed by atoms with Gasteiger partial charge in [-0.3, -0.25) is 19.4 Å². The zero-order chi connectivity index (χ0) is 13.3. The van der Waals surface area contributed by atoms with E-state index in [0.717, 1.165) is 25.9 Å². The first-order chi connectivity index (χ1) is 8.45. The van der Waals surface area contributed by atoms with Gasteiger partial charge in [-0.05, 0) is 12.8 Å². The fraction of sp³-hybridized carbons (Fsp3) is 0.769. The third-order valence-electron chi connectivity index (χ3n) is 3.88. The number of imide groups is 1. The van der Waals surface area contributed by atoms with Crippen LogP contribution in [0.5, 0.6) is 0 Å². The van der Waals surface area contributed by atoms with Crippen LogP contribution in [0.3, 0.4) is 0 Å². The number of piperidine rings is 1. The minimum Gasteiger partial charge on any atom is -0.290 e. The molecular weight excluding hydrogens is 230 g/mol. The average molecular weight is 249 g/mol. The number of hydrogen-bond acceptors (Lipinski definition) is 4. The zero-order valence-electron chi connectivity index (χ0n) is 11.0. The Kier molecular flexibility index (Phi) is 3.40. The van der Waals surface area contributed by atoms with Gasteiger partial charge in [-0.25, -0.2) is 0 Å². The lowest BCUT2D eigenvalue weighted by molar-refractivity contribution is -0.144. The van der Waals surface area contributed by atoms with Gasteiger partial charge in [0.15, 0.2) is 0 Å². The Morgan fingerprint density at radius 2 is 1.94 bits per heavy atom. The van der Waals surface area contributed by atoms with E-state index in [1.54, 1.807) is 0 Å². The molecule has 0 saturated carbocycles. The molecule has 0 atom stereocenters. The number of carbonyl (C=O) groups excluding carboxylic acids is 2. The number of amides is 2. The molecule has 18 heavy (non-hydrogen) atoms. The lowest BCUT2D eigenvalue weighted by Gasteiger charge is -2.35. The van der Waals surface area contributed by atoms with Crippen molar-refractivity contribution in [2.45, 2.75) is 39.2 Å². The molecule has 98 valence electrons. The summed E-state index contributed by atoms with van der Waals surface area (Å²) in [6.07, 6.45) is 1.90. The molecule has 5 nitrogen and oxygen atoms in total. The Balaban J connectivity index is 2.00. The summed E-state index contributed by atoms with van der Waals surface area (Å²) in [6, 6.07) is 2.16. The van der Waals surface area contributed by atoms with Crippen molar-refractivity contribution in [3.63, 3.8) is 0 Å². The molecule has 2 fully saturated rings. The van der Waals surface area contributed by atoms with E-state index in [2.05, 4.69) is 11.0 Å². The SMILES string of the molecule is CC1(C)CC(=O)N(C2CCN(CC#N)CC2)C1=O. The van der Waals surface area contributed by atoms with E-state index in [9.17, 15) is 9.59 Å². The summed E-state index contributed by atoms with van der Waals surface area (Å²) in [5, 5.41) is 8.64. The second-order valence-electron chi connectivity index (χ2n) is 5.79. The molecule has 0 aromatic heterocycles. The fourth-order valence-corrected chi connectivity index (χ4v) is 2.78. The third kappa shape index (κ3) is 2.25. The quantitative estimate of drug-likeness (QED) is 0.535. The average Bonchev–Trinajstić information content (AvgIpc) is 2.50. The smallest absolute Gasteiger partial charge is 0.235 e. The van der Waals surface area contributed by atoms with Crippen LogP contribution in [-0.2, 0) is 9.59 Å². The number of hydrogen-bond donors (Lipinski definition) is 0. The Morgan fingerprint density at radius 1 is 1.33 bits per heavy atom. The number of rotatable bonds is 2. The van der Waals surface area contributed by atoms with Crippen LogP contribution in [0.15, 0.2) is 0 Å². The van der Waals surface area contributed by atoms with Gasteiger partial charge in [0.1, 0.15) is 0 Å². The summed E-state index contributed by atoms with van der Waals surface area (Å²) in [5.41, 5.74) is -0.541. The maximum atomic E-state index is 12.2. The van der Waals surface area contributed by atoms with Crippen LogP contribution < -0.4 is 0 Å². The fourth-order valence-electron chi connectivity index (χ4n) is 2.78. The van der Waals surface area contributed by atoms with E-state index in [0.29, 0.717) is 13.0 Å². The molecule has 0 aromatic rings. The Labute approximate surface area is 107 Å². The third-order valence-corrected chi connectivity index (χ3v) is 3.88. The molecule has 0 bridgehead atoms. The molecule has 0 unspecified atom stereocenters. The van der Waals surface area contributed by atoms with Crippen molar-refractivity contribution >= 4 is 11.8 Å². The second-order valence-corrected chi connectivity index (χ2v) is 5.79. The first-order valence-electron chi connectivity index (χ1n) is 6.41. The Morgan fingerprint density at radius 3 is 2.39 bits per heavy atom. The van der Waals surface area contributed by atoms with Crippen molar-refractivity contribution in [3.8, 4) is 6.07 Å². The molecule has 0 N–H and O–H groups in total. The molecule has 5 heteroatoms. The molecule has 2 saturated heterocycles. The standard InChI is InChI=1S/C13H19N3O2/c1-13(2)9-11(17)16(12(13)18)10-3-6-15(7-4-10)8-5-14/h10H,3-4,6-9H2,1-2H3. The van der Waals surface area contributed by atoms with Crippen LogP contribution in [0.1, 0.15) is 33.1 Å². The summed E-state index contributed by atoms with van der Waals surface area (Å²) in [4.78, 5) is 27.7.